The summed E-state index contributed by atoms with van der Waals surface area (Å²) in [5.41, 5.74) is 0.993. The van der Waals surface area contributed by atoms with Crippen molar-refractivity contribution in [3.05, 3.63) is 29.1 Å². The minimum atomic E-state index is 0.463. The van der Waals surface area contributed by atoms with Gasteiger partial charge in [-0.1, -0.05) is 18.2 Å². The number of rotatable bonds is 1. The van der Waals surface area contributed by atoms with Crippen LogP contribution in [-0.2, 0) is 6.42 Å². The van der Waals surface area contributed by atoms with Crippen LogP contribution in [0.15, 0.2) is 24.3 Å². The third kappa shape index (κ3) is 1.06. The first-order valence-corrected chi connectivity index (χ1v) is 4.39. The first-order valence-electron chi connectivity index (χ1n) is 3.62. The minimum absolute atomic E-state index is 0.463. The summed E-state index contributed by atoms with van der Waals surface area (Å²) >= 11 is 1.41. The first kappa shape index (κ1) is 7.26. The molecule has 12 heavy (non-hydrogen) atoms. The number of fused-ring (bicyclic) bond motifs is 1. The molecule has 0 saturated carbocycles. The Balaban J connectivity index is 2.64. The second-order valence-corrected chi connectivity index (χ2v) is 3.32. The molecule has 0 aliphatic heterocycles. The highest BCUT2D eigenvalue weighted by Crippen LogP contribution is 2.21. The van der Waals surface area contributed by atoms with Gasteiger partial charge in [0.1, 0.15) is 0 Å². The predicted molar refractivity (Wildman–Crippen MR) is 48.9 cm³/mol. The summed E-state index contributed by atoms with van der Waals surface area (Å²) in [7, 11) is 0. The lowest BCUT2D eigenvalue weighted by Gasteiger charge is -1.87. The molecule has 0 fully saturated rings. The van der Waals surface area contributed by atoms with E-state index in [0.717, 1.165) is 15.8 Å². The van der Waals surface area contributed by atoms with Crippen LogP contribution in [0.3, 0.4) is 0 Å². The van der Waals surface area contributed by atoms with E-state index in [4.69, 9.17) is 5.26 Å². The maximum atomic E-state index is 8.53. The van der Waals surface area contributed by atoms with E-state index in [0.29, 0.717) is 6.42 Å². The molecule has 2 rings (SSSR count). The van der Waals surface area contributed by atoms with Crippen molar-refractivity contribution in [2.75, 3.05) is 0 Å². The van der Waals surface area contributed by atoms with Crippen LogP contribution in [0.5, 0.6) is 0 Å². The zero-order chi connectivity index (χ0) is 8.39. The Labute approximate surface area is 74.2 Å². The summed E-state index contributed by atoms with van der Waals surface area (Å²) in [5, 5.41) is 9.64. The maximum absolute atomic E-state index is 8.53. The van der Waals surface area contributed by atoms with E-state index in [1.54, 1.807) is 0 Å². The second kappa shape index (κ2) is 2.92. The molecule has 0 N–H and O–H groups in total. The van der Waals surface area contributed by atoms with Crippen molar-refractivity contribution in [2.24, 2.45) is 0 Å². The van der Waals surface area contributed by atoms with Crippen molar-refractivity contribution in [2.45, 2.75) is 6.42 Å². The van der Waals surface area contributed by atoms with Crippen LogP contribution in [-0.4, -0.2) is 4.37 Å². The molecule has 0 bridgehead atoms. The zero-order valence-corrected chi connectivity index (χ0v) is 7.14. The van der Waals surface area contributed by atoms with Crippen molar-refractivity contribution in [3.8, 4) is 6.07 Å². The minimum Gasteiger partial charge on any atom is -0.198 e. The van der Waals surface area contributed by atoms with Crippen LogP contribution < -0.4 is 0 Å². The molecule has 2 nitrogen and oxygen atoms in total. The number of benzene rings is 1. The third-order valence-electron chi connectivity index (χ3n) is 1.70. The smallest absolute Gasteiger partial charge is 0.0843 e. The predicted octanol–water partition coefficient (Wildman–Crippen LogP) is 2.36. The van der Waals surface area contributed by atoms with Gasteiger partial charge < -0.3 is 0 Å². The van der Waals surface area contributed by atoms with Gasteiger partial charge in [-0.25, -0.2) is 0 Å². The van der Waals surface area contributed by atoms with Crippen molar-refractivity contribution >= 4 is 22.4 Å². The number of hydrogen-bond acceptors (Lipinski definition) is 3. The van der Waals surface area contributed by atoms with Crippen molar-refractivity contribution in [1.29, 1.82) is 5.26 Å². The number of hydrogen-bond donors (Lipinski definition) is 0. The highest BCUT2D eigenvalue weighted by Gasteiger charge is 2.02. The van der Waals surface area contributed by atoms with E-state index >= 15 is 0 Å². The van der Waals surface area contributed by atoms with Gasteiger partial charge in [-0.3, -0.25) is 0 Å². The lowest BCUT2D eigenvalue weighted by Crippen LogP contribution is -1.73. The van der Waals surface area contributed by atoms with E-state index in [9.17, 15) is 0 Å². The highest BCUT2D eigenvalue weighted by atomic mass is 32.1. The molecule has 0 aliphatic rings. The number of aromatic nitrogens is 1. The molecular formula is C9H6N2S. The van der Waals surface area contributed by atoms with Gasteiger partial charge >= 0.3 is 0 Å². The van der Waals surface area contributed by atoms with Gasteiger partial charge in [0.05, 0.1) is 18.0 Å². The van der Waals surface area contributed by atoms with Gasteiger partial charge in [-0.15, -0.1) is 0 Å². The zero-order valence-electron chi connectivity index (χ0n) is 6.32. The number of nitriles is 1. The van der Waals surface area contributed by atoms with Gasteiger partial charge in [-0.05, 0) is 17.6 Å². The Hall–Kier alpha value is -1.40. The van der Waals surface area contributed by atoms with E-state index in [-0.39, 0.29) is 0 Å². The van der Waals surface area contributed by atoms with Gasteiger partial charge in [0.2, 0.25) is 0 Å². The molecule has 0 aliphatic carbocycles. The van der Waals surface area contributed by atoms with Crippen molar-refractivity contribution in [3.63, 3.8) is 0 Å². The largest absolute Gasteiger partial charge is 0.198 e. The van der Waals surface area contributed by atoms with E-state index < -0.39 is 0 Å². The number of nitrogens with zero attached hydrogens (tertiary/aromatic N) is 2. The molecule has 0 unspecified atom stereocenters. The fourth-order valence-electron chi connectivity index (χ4n) is 1.14. The van der Waals surface area contributed by atoms with E-state index in [2.05, 4.69) is 10.4 Å². The molecule has 3 heteroatoms. The Morgan fingerprint density at radius 3 is 3.08 bits per heavy atom. The van der Waals surface area contributed by atoms with Crippen LogP contribution >= 0.6 is 11.5 Å². The molecule has 58 valence electrons. The van der Waals surface area contributed by atoms with Crippen LogP contribution in [0, 0.1) is 11.3 Å². The summed E-state index contributed by atoms with van der Waals surface area (Å²) < 4.78 is 4.23. The van der Waals surface area contributed by atoms with Crippen LogP contribution in [0.2, 0.25) is 0 Å². The molecule has 1 aromatic heterocycles. The lowest BCUT2D eigenvalue weighted by atomic mass is 10.2. The quantitative estimate of drug-likeness (QED) is 0.665. The molecular weight excluding hydrogens is 168 g/mol. The van der Waals surface area contributed by atoms with Crippen molar-refractivity contribution < 1.29 is 0 Å². The molecule has 2 aromatic rings. The molecule has 0 spiro atoms. The van der Waals surface area contributed by atoms with E-state index in [1.807, 2.05) is 24.3 Å². The fourth-order valence-corrected chi connectivity index (χ4v) is 1.91. The molecule has 0 amide bonds. The monoisotopic (exact) mass is 174 g/mol. The van der Waals surface area contributed by atoms with Crippen LogP contribution in [0.25, 0.3) is 10.9 Å². The summed E-state index contributed by atoms with van der Waals surface area (Å²) in [4.78, 5) is 1.06. The Kier molecular flexibility index (Phi) is 1.77. The molecule has 1 aromatic carbocycles. The lowest BCUT2D eigenvalue weighted by molar-refractivity contribution is 1.33. The normalized spacial score (nSPS) is 9.92. The Morgan fingerprint density at radius 2 is 2.25 bits per heavy atom. The SMILES string of the molecule is N#CCc1snc2ccccc12. The summed E-state index contributed by atoms with van der Waals surface area (Å²) in [6.45, 7) is 0. The first-order chi connectivity index (χ1) is 5.92. The fraction of sp³-hybridized carbons (Fsp3) is 0.111. The van der Waals surface area contributed by atoms with E-state index in [1.165, 1.54) is 11.5 Å². The second-order valence-electron chi connectivity index (χ2n) is 2.46. The topological polar surface area (TPSA) is 36.7 Å². The molecule has 1 heterocycles. The third-order valence-corrected chi connectivity index (χ3v) is 2.57. The average Bonchev–Trinajstić information content (AvgIpc) is 2.50. The summed E-state index contributed by atoms with van der Waals surface area (Å²) in [5.74, 6) is 0. The van der Waals surface area contributed by atoms with Gasteiger partial charge in [0, 0.05) is 10.3 Å². The highest BCUT2D eigenvalue weighted by molar-refractivity contribution is 7.07. The summed E-state index contributed by atoms with van der Waals surface area (Å²) in [6, 6.07) is 10.0. The molecule has 0 atom stereocenters. The summed E-state index contributed by atoms with van der Waals surface area (Å²) in [6.07, 6.45) is 0.463. The van der Waals surface area contributed by atoms with Crippen LogP contribution in [0.1, 0.15) is 4.88 Å². The average molecular weight is 174 g/mol. The van der Waals surface area contributed by atoms with Gasteiger partial charge in [-0.2, -0.15) is 9.64 Å². The Morgan fingerprint density at radius 1 is 1.42 bits per heavy atom. The Bertz CT molecular complexity index is 439. The van der Waals surface area contributed by atoms with Crippen LogP contribution in [0.4, 0.5) is 0 Å². The maximum Gasteiger partial charge on any atom is 0.0843 e. The van der Waals surface area contributed by atoms with Gasteiger partial charge in [0.25, 0.3) is 0 Å². The standard InChI is InChI=1S/C9H6N2S/c10-6-5-9-7-3-1-2-4-8(7)11-12-9/h1-4H,5H2. The van der Waals surface area contributed by atoms with Crippen molar-refractivity contribution in [1.82, 2.24) is 4.37 Å². The molecule has 0 radical (unpaired) electrons. The van der Waals surface area contributed by atoms with Gasteiger partial charge in [0.15, 0.2) is 0 Å². The molecule has 0 saturated heterocycles.